The molecule has 0 saturated heterocycles. The zero-order valence-electron chi connectivity index (χ0n) is 12.1. The monoisotopic (exact) mass is 263 g/mol. The van der Waals surface area contributed by atoms with E-state index < -0.39 is 0 Å². The molecule has 5 heteroatoms. The van der Waals surface area contributed by atoms with Crippen molar-refractivity contribution >= 4 is 0 Å². The van der Waals surface area contributed by atoms with Crippen molar-refractivity contribution in [3.05, 3.63) is 0 Å². The van der Waals surface area contributed by atoms with Crippen LogP contribution in [-0.2, 0) is 18.9 Å². The standard InChI is InChI=1S/C13H29NO4/c1-4-13(14-5-2)12-18-11-10-17-9-8-16-7-6-15-3/h13-14H,4-12H2,1-3H3. The van der Waals surface area contributed by atoms with Crippen LogP contribution in [0, 0.1) is 0 Å². The van der Waals surface area contributed by atoms with Gasteiger partial charge in [-0.2, -0.15) is 0 Å². The molecule has 0 aliphatic heterocycles. The minimum absolute atomic E-state index is 0.451. The van der Waals surface area contributed by atoms with Crippen LogP contribution in [0.5, 0.6) is 0 Å². The van der Waals surface area contributed by atoms with Gasteiger partial charge < -0.3 is 24.3 Å². The molecule has 5 nitrogen and oxygen atoms in total. The van der Waals surface area contributed by atoms with Gasteiger partial charge >= 0.3 is 0 Å². The second-order valence-electron chi connectivity index (χ2n) is 3.96. The third-order valence-electron chi connectivity index (χ3n) is 2.48. The quantitative estimate of drug-likeness (QED) is 0.475. The maximum atomic E-state index is 5.54. The number of methoxy groups -OCH3 is 1. The molecule has 0 spiro atoms. The van der Waals surface area contributed by atoms with Crippen LogP contribution in [-0.4, -0.2) is 65.9 Å². The highest BCUT2D eigenvalue weighted by Crippen LogP contribution is 1.92. The van der Waals surface area contributed by atoms with Gasteiger partial charge in [0, 0.05) is 13.2 Å². The Hall–Kier alpha value is -0.200. The van der Waals surface area contributed by atoms with Crippen LogP contribution in [0.4, 0.5) is 0 Å². The Morgan fingerprint density at radius 3 is 1.89 bits per heavy atom. The molecule has 0 aliphatic carbocycles. The van der Waals surface area contributed by atoms with E-state index in [0.29, 0.717) is 45.7 Å². The van der Waals surface area contributed by atoms with Gasteiger partial charge in [-0.15, -0.1) is 0 Å². The number of nitrogens with one attached hydrogen (secondary N) is 1. The van der Waals surface area contributed by atoms with Crippen molar-refractivity contribution in [2.24, 2.45) is 0 Å². The first kappa shape index (κ1) is 17.8. The summed E-state index contributed by atoms with van der Waals surface area (Å²) in [6.45, 7) is 9.73. The predicted molar refractivity (Wildman–Crippen MR) is 72.1 cm³/mol. The maximum Gasteiger partial charge on any atom is 0.0701 e. The van der Waals surface area contributed by atoms with Gasteiger partial charge in [0.1, 0.15) is 0 Å². The SMILES string of the molecule is CCNC(CC)COCCOCCOCCOC. The molecule has 1 unspecified atom stereocenters. The van der Waals surface area contributed by atoms with Crippen molar-refractivity contribution in [3.8, 4) is 0 Å². The lowest BCUT2D eigenvalue weighted by molar-refractivity contribution is 0.000751. The fraction of sp³-hybridized carbons (Fsp3) is 1.00. The molecule has 0 heterocycles. The van der Waals surface area contributed by atoms with Gasteiger partial charge in [-0.05, 0) is 13.0 Å². The van der Waals surface area contributed by atoms with Gasteiger partial charge in [0.2, 0.25) is 0 Å². The summed E-state index contributed by atoms with van der Waals surface area (Å²) in [4.78, 5) is 0. The Morgan fingerprint density at radius 1 is 0.833 bits per heavy atom. The van der Waals surface area contributed by atoms with Crippen LogP contribution in [0.3, 0.4) is 0 Å². The number of rotatable bonds is 14. The van der Waals surface area contributed by atoms with E-state index in [1.807, 2.05) is 0 Å². The molecule has 0 aromatic heterocycles. The highest BCUT2D eigenvalue weighted by molar-refractivity contribution is 4.61. The summed E-state index contributed by atoms with van der Waals surface area (Å²) in [5, 5.41) is 3.37. The van der Waals surface area contributed by atoms with E-state index in [-0.39, 0.29) is 0 Å². The summed E-state index contributed by atoms with van der Waals surface area (Å²) in [5.74, 6) is 0. The molecular formula is C13H29NO4. The zero-order valence-corrected chi connectivity index (χ0v) is 12.1. The number of hydrogen-bond acceptors (Lipinski definition) is 5. The van der Waals surface area contributed by atoms with Crippen LogP contribution in [0.25, 0.3) is 0 Å². The lowest BCUT2D eigenvalue weighted by atomic mass is 10.2. The van der Waals surface area contributed by atoms with Gasteiger partial charge in [-0.1, -0.05) is 13.8 Å². The molecular weight excluding hydrogens is 234 g/mol. The number of hydrogen-bond donors (Lipinski definition) is 1. The van der Waals surface area contributed by atoms with Gasteiger partial charge in [0.05, 0.1) is 46.2 Å². The summed E-state index contributed by atoms with van der Waals surface area (Å²) in [7, 11) is 1.66. The summed E-state index contributed by atoms with van der Waals surface area (Å²) in [5.41, 5.74) is 0. The van der Waals surface area contributed by atoms with E-state index in [9.17, 15) is 0 Å². The largest absolute Gasteiger partial charge is 0.382 e. The molecule has 0 saturated carbocycles. The lowest BCUT2D eigenvalue weighted by Gasteiger charge is -2.15. The van der Waals surface area contributed by atoms with Crippen LogP contribution < -0.4 is 5.32 Å². The second kappa shape index (κ2) is 14.9. The molecule has 0 amide bonds. The number of ether oxygens (including phenoxy) is 4. The van der Waals surface area contributed by atoms with E-state index in [4.69, 9.17) is 18.9 Å². The minimum atomic E-state index is 0.451. The predicted octanol–water partition coefficient (Wildman–Crippen LogP) is 1.07. The molecule has 0 radical (unpaired) electrons. The third-order valence-corrected chi connectivity index (χ3v) is 2.48. The van der Waals surface area contributed by atoms with Crippen LogP contribution in [0.2, 0.25) is 0 Å². The van der Waals surface area contributed by atoms with E-state index in [1.165, 1.54) is 0 Å². The van der Waals surface area contributed by atoms with E-state index >= 15 is 0 Å². The summed E-state index contributed by atoms with van der Waals surface area (Å²) >= 11 is 0. The molecule has 1 atom stereocenters. The fourth-order valence-electron chi connectivity index (χ4n) is 1.42. The summed E-state index contributed by atoms with van der Waals surface area (Å²) in [6.07, 6.45) is 1.09. The molecule has 0 bridgehead atoms. The summed E-state index contributed by atoms with van der Waals surface area (Å²) < 4.78 is 21.0. The van der Waals surface area contributed by atoms with Gasteiger partial charge in [-0.3, -0.25) is 0 Å². The van der Waals surface area contributed by atoms with Crippen molar-refractivity contribution < 1.29 is 18.9 Å². The van der Waals surface area contributed by atoms with Crippen molar-refractivity contribution in [2.45, 2.75) is 26.3 Å². The highest BCUT2D eigenvalue weighted by Gasteiger charge is 2.03. The Morgan fingerprint density at radius 2 is 1.39 bits per heavy atom. The van der Waals surface area contributed by atoms with Crippen LogP contribution in [0.1, 0.15) is 20.3 Å². The van der Waals surface area contributed by atoms with Gasteiger partial charge in [0.25, 0.3) is 0 Å². The van der Waals surface area contributed by atoms with E-state index in [2.05, 4.69) is 19.2 Å². The first-order valence-electron chi connectivity index (χ1n) is 6.80. The molecule has 0 aromatic carbocycles. The minimum Gasteiger partial charge on any atom is -0.382 e. The topological polar surface area (TPSA) is 49.0 Å². The van der Waals surface area contributed by atoms with E-state index in [0.717, 1.165) is 19.6 Å². The second-order valence-corrected chi connectivity index (χ2v) is 3.96. The molecule has 0 fully saturated rings. The Balaban J connectivity index is 3.10. The smallest absolute Gasteiger partial charge is 0.0701 e. The first-order chi connectivity index (χ1) is 8.85. The Labute approximate surface area is 111 Å². The molecule has 18 heavy (non-hydrogen) atoms. The average Bonchev–Trinajstić information content (AvgIpc) is 2.39. The molecule has 0 aromatic rings. The Kier molecular flexibility index (Phi) is 14.7. The average molecular weight is 263 g/mol. The van der Waals surface area contributed by atoms with Gasteiger partial charge in [0.15, 0.2) is 0 Å². The van der Waals surface area contributed by atoms with Crippen molar-refractivity contribution in [1.29, 1.82) is 0 Å². The molecule has 110 valence electrons. The number of likely N-dealkylation sites (N-methyl/N-ethyl adjacent to an activating group) is 1. The van der Waals surface area contributed by atoms with Crippen molar-refractivity contribution in [3.63, 3.8) is 0 Å². The maximum absolute atomic E-state index is 5.54. The Bertz CT molecular complexity index is 158. The van der Waals surface area contributed by atoms with Crippen molar-refractivity contribution in [1.82, 2.24) is 5.32 Å². The van der Waals surface area contributed by atoms with Crippen LogP contribution >= 0.6 is 0 Å². The third kappa shape index (κ3) is 12.3. The van der Waals surface area contributed by atoms with E-state index in [1.54, 1.807) is 7.11 Å². The first-order valence-corrected chi connectivity index (χ1v) is 6.80. The fourth-order valence-corrected chi connectivity index (χ4v) is 1.42. The van der Waals surface area contributed by atoms with Crippen LogP contribution in [0.15, 0.2) is 0 Å². The zero-order chi connectivity index (χ0) is 13.5. The van der Waals surface area contributed by atoms with Crippen molar-refractivity contribution in [2.75, 3.05) is 59.9 Å². The molecule has 0 rings (SSSR count). The highest BCUT2D eigenvalue weighted by atomic mass is 16.6. The normalized spacial score (nSPS) is 12.8. The lowest BCUT2D eigenvalue weighted by Crippen LogP contribution is -2.33. The summed E-state index contributed by atoms with van der Waals surface area (Å²) in [6, 6.07) is 0.451. The van der Waals surface area contributed by atoms with Gasteiger partial charge in [-0.25, -0.2) is 0 Å². The molecule has 1 N–H and O–H groups in total. The molecule has 0 aliphatic rings.